The molecular formula is C18H17ClN4O2S. The Balaban J connectivity index is 1.62. The molecule has 0 saturated carbocycles. The molecular weight excluding hydrogens is 372 g/mol. The largest absolute Gasteiger partial charge is 0.497 e. The van der Waals surface area contributed by atoms with Crippen molar-refractivity contribution >= 4 is 45.4 Å². The normalized spacial score (nSPS) is 11.5. The summed E-state index contributed by atoms with van der Waals surface area (Å²) in [6, 6.07) is 11.3. The molecule has 0 saturated heterocycles. The number of aromatic nitrogens is 4. The molecule has 0 amide bonds. The van der Waals surface area contributed by atoms with E-state index in [1.54, 1.807) is 18.9 Å². The van der Waals surface area contributed by atoms with Crippen LogP contribution in [0.1, 0.15) is 5.82 Å². The first-order valence-corrected chi connectivity index (χ1v) is 9.46. The summed E-state index contributed by atoms with van der Waals surface area (Å²) in [5, 5.41) is 10.9. The van der Waals surface area contributed by atoms with Gasteiger partial charge >= 0.3 is 0 Å². The van der Waals surface area contributed by atoms with Crippen molar-refractivity contribution in [1.82, 2.24) is 19.5 Å². The second-order valence-electron chi connectivity index (χ2n) is 5.75. The van der Waals surface area contributed by atoms with Gasteiger partial charge in [0.15, 0.2) is 5.16 Å². The summed E-state index contributed by atoms with van der Waals surface area (Å²) in [5.74, 6) is 2.29. The second kappa shape index (κ2) is 7.19. The van der Waals surface area contributed by atoms with Crippen molar-refractivity contribution < 1.29 is 9.84 Å². The lowest BCUT2D eigenvalue weighted by Crippen LogP contribution is -2.06. The molecule has 0 spiro atoms. The first kappa shape index (κ1) is 17.2. The lowest BCUT2D eigenvalue weighted by molar-refractivity contribution is 0.276. The molecule has 2 N–H and O–H groups in total. The van der Waals surface area contributed by atoms with Gasteiger partial charge < -0.3 is 19.4 Å². The number of benzene rings is 2. The van der Waals surface area contributed by atoms with Gasteiger partial charge in [0.05, 0.1) is 41.5 Å². The Bertz CT molecular complexity index is 1080. The summed E-state index contributed by atoms with van der Waals surface area (Å²) >= 11 is 7.68. The predicted molar refractivity (Wildman–Crippen MR) is 104 cm³/mol. The van der Waals surface area contributed by atoms with E-state index >= 15 is 0 Å². The molecule has 0 unspecified atom stereocenters. The van der Waals surface area contributed by atoms with E-state index < -0.39 is 0 Å². The number of H-pyrrole nitrogens is 1. The standard InChI is InChI=1S/C18H17ClN4O2S/c1-25-12-3-5-13-15(9-12)22-18(21-13)26-10-17-20-14-4-2-11(19)8-16(14)23(17)6-7-24/h2-5,8-9,24H,6-7,10H2,1H3,(H,21,22). The summed E-state index contributed by atoms with van der Waals surface area (Å²) in [5.41, 5.74) is 3.62. The van der Waals surface area contributed by atoms with Gasteiger partial charge in [0.2, 0.25) is 0 Å². The zero-order valence-corrected chi connectivity index (χ0v) is 15.6. The molecule has 4 aromatic rings. The third kappa shape index (κ3) is 3.25. The topological polar surface area (TPSA) is 76.0 Å². The lowest BCUT2D eigenvalue weighted by Gasteiger charge is -2.06. The minimum Gasteiger partial charge on any atom is -0.497 e. The van der Waals surface area contributed by atoms with Crippen molar-refractivity contribution in [3.8, 4) is 5.75 Å². The van der Waals surface area contributed by atoms with Crippen LogP contribution in [-0.2, 0) is 12.3 Å². The van der Waals surface area contributed by atoms with Crippen LogP contribution in [0.4, 0.5) is 0 Å². The van der Waals surface area contributed by atoms with E-state index in [0.29, 0.717) is 17.3 Å². The van der Waals surface area contributed by atoms with Crippen LogP contribution in [0.2, 0.25) is 5.02 Å². The fraction of sp³-hybridized carbons (Fsp3) is 0.222. The van der Waals surface area contributed by atoms with Crippen LogP contribution in [0.15, 0.2) is 41.6 Å². The Kier molecular flexibility index (Phi) is 4.76. The monoisotopic (exact) mass is 388 g/mol. The zero-order valence-electron chi connectivity index (χ0n) is 14.1. The van der Waals surface area contributed by atoms with E-state index in [-0.39, 0.29) is 6.61 Å². The van der Waals surface area contributed by atoms with E-state index in [2.05, 4.69) is 15.0 Å². The maximum atomic E-state index is 9.40. The van der Waals surface area contributed by atoms with Crippen LogP contribution in [0.25, 0.3) is 22.1 Å². The molecule has 0 radical (unpaired) electrons. The number of ether oxygens (including phenoxy) is 1. The highest BCUT2D eigenvalue weighted by molar-refractivity contribution is 7.98. The number of aliphatic hydroxyl groups is 1. The maximum absolute atomic E-state index is 9.40. The molecule has 2 heterocycles. The lowest BCUT2D eigenvalue weighted by atomic mass is 10.3. The minimum atomic E-state index is 0.0417. The highest BCUT2D eigenvalue weighted by atomic mass is 35.5. The number of rotatable bonds is 6. The van der Waals surface area contributed by atoms with E-state index in [9.17, 15) is 5.11 Å². The van der Waals surface area contributed by atoms with Gasteiger partial charge in [-0.3, -0.25) is 0 Å². The van der Waals surface area contributed by atoms with Crippen LogP contribution < -0.4 is 4.74 Å². The van der Waals surface area contributed by atoms with Crippen molar-refractivity contribution in [2.45, 2.75) is 17.5 Å². The summed E-state index contributed by atoms with van der Waals surface area (Å²) in [7, 11) is 1.64. The van der Waals surface area contributed by atoms with Crippen LogP contribution in [0.3, 0.4) is 0 Å². The van der Waals surface area contributed by atoms with Gasteiger partial charge in [-0.2, -0.15) is 0 Å². The SMILES string of the molecule is COc1ccc2nc(SCc3nc4ccc(Cl)cc4n3CCO)[nH]c2c1. The molecule has 26 heavy (non-hydrogen) atoms. The zero-order chi connectivity index (χ0) is 18.1. The van der Waals surface area contributed by atoms with Crippen molar-refractivity contribution in [3.63, 3.8) is 0 Å². The molecule has 0 aliphatic carbocycles. The molecule has 2 aromatic carbocycles. The van der Waals surface area contributed by atoms with Crippen LogP contribution >= 0.6 is 23.4 Å². The summed E-state index contributed by atoms with van der Waals surface area (Å²) < 4.78 is 7.24. The number of fused-ring (bicyclic) bond motifs is 2. The first-order chi connectivity index (χ1) is 12.7. The number of nitrogens with zero attached hydrogens (tertiary/aromatic N) is 3. The van der Waals surface area contributed by atoms with Crippen molar-refractivity contribution in [2.24, 2.45) is 0 Å². The van der Waals surface area contributed by atoms with Crippen LogP contribution in [0, 0.1) is 0 Å². The maximum Gasteiger partial charge on any atom is 0.166 e. The number of aliphatic hydroxyl groups excluding tert-OH is 1. The third-order valence-electron chi connectivity index (χ3n) is 4.12. The fourth-order valence-electron chi connectivity index (χ4n) is 2.90. The number of hydrogen-bond acceptors (Lipinski definition) is 5. The minimum absolute atomic E-state index is 0.0417. The number of halogens is 1. The molecule has 8 heteroatoms. The summed E-state index contributed by atoms with van der Waals surface area (Å²) in [6.07, 6.45) is 0. The van der Waals surface area contributed by atoms with Gasteiger partial charge in [0.1, 0.15) is 11.6 Å². The predicted octanol–water partition coefficient (Wildman–Crippen LogP) is 3.86. The molecule has 0 fully saturated rings. The molecule has 4 rings (SSSR count). The molecule has 2 aromatic heterocycles. The fourth-order valence-corrected chi connectivity index (χ4v) is 3.90. The van der Waals surface area contributed by atoms with Crippen LogP contribution in [0.5, 0.6) is 5.75 Å². The number of aromatic amines is 1. The molecule has 0 aliphatic rings. The number of thioether (sulfide) groups is 1. The van der Waals surface area contributed by atoms with E-state index in [4.69, 9.17) is 16.3 Å². The highest BCUT2D eigenvalue weighted by Crippen LogP contribution is 2.27. The van der Waals surface area contributed by atoms with Crippen molar-refractivity contribution in [2.75, 3.05) is 13.7 Å². The van der Waals surface area contributed by atoms with Gasteiger partial charge in [-0.1, -0.05) is 23.4 Å². The Morgan fingerprint density at radius 1 is 1.19 bits per heavy atom. The van der Waals surface area contributed by atoms with E-state index in [1.807, 2.05) is 41.0 Å². The Morgan fingerprint density at radius 3 is 2.85 bits per heavy atom. The average Bonchev–Trinajstić information content (AvgIpc) is 3.20. The molecule has 0 aliphatic heterocycles. The average molecular weight is 389 g/mol. The van der Waals surface area contributed by atoms with Crippen molar-refractivity contribution in [1.29, 1.82) is 0 Å². The van der Waals surface area contributed by atoms with Gasteiger partial charge in [-0.05, 0) is 30.3 Å². The smallest absolute Gasteiger partial charge is 0.166 e. The number of methoxy groups -OCH3 is 1. The quantitative estimate of drug-likeness (QED) is 0.490. The molecule has 0 bridgehead atoms. The van der Waals surface area contributed by atoms with Crippen molar-refractivity contribution in [3.05, 3.63) is 47.2 Å². The Morgan fingerprint density at radius 2 is 2.04 bits per heavy atom. The molecule has 134 valence electrons. The molecule has 0 atom stereocenters. The van der Waals surface area contributed by atoms with Gasteiger partial charge in [-0.15, -0.1) is 0 Å². The summed E-state index contributed by atoms with van der Waals surface area (Å²) in [6.45, 7) is 0.518. The number of nitrogens with one attached hydrogen (secondary N) is 1. The number of hydrogen-bond donors (Lipinski definition) is 2. The van der Waals surface area contributed by atoms with Crippen LogP contribution in [-0.4, -0.2) is 38.3 Å². The van der Waals surface area contributed by atoms with Gasteiger partial charge in [0, 0.05) is 17.6 Å². The van der Waals surface area contributed by atoms with E-state index in [1.165, 1.54) is 0 Å². The number of imidazole rings is 2. The Labute approximate surface area is 159 Å². The van der Waals surface area contributed by atoms with Gasteiger partial charge in [0.25, 0.3) is 0 Å². The Hall–Kier alpha value is -2.22. The first-order valence-electron chi connectivity index (χ1n) is 8.10. The van der Waals surface area contributed by atoms with E-state index in [0.717, 1.165) is 38.8 Å². The summed E-state index contributed by atoms with van der Waals surface area (Å²) in [4.78, 5) is 12.6. The second-order valence-corrected chi connectivity index (χ2v) is 7.15. The highest BCUT2D eigenvalue weighted by Gasteiger charge is 2.13. The molecule has 6 nitrogen and oxygen atoms in total. The van der Waals surface area contributed by atoms with Gasteiger partial charge in [-0.25, -0.2) is 9.97 Å². The third-order valence-corrected chi connectivity index (χ3v) is 5.22.